The van der Waals surface area contributed by atoms with Crippen LogP contribution in [0, 0.1) is 0 Å². The zero-order chi connectivity index (χ0) is 19.3. The number of anilines is 2. The van der Waals surface area contributed by atoms with Crippen molar-refractivity contribution >= 4 is 28.9 Å². The van der Waals surface area contributed by atoms with Crippen molar-refractivity contribution < 1.29 is 27.4 Å². The van der Waals surface area contributed by atoms with Crippen LogP contribution in [0.1, 0.15) is 5.56 Å². The number of alkyl halides is 3. The van der Waals surface area contributed by atoms with Crippen LogP contribution in [-0.2, 0) is 11.0 Å². The number of hydrogen-bond acceptors (Lipinski definition) is 4. The predicted molar refractivity (Wildman–Crippen MR) is 93.1 cm³/mol. The quantitative estimate of drug-likeness (QED) is 0.768. The molecule has 0 saturated heterocycles. The summed E-state index contributed by atoms with van der Waals surface area (Å²) in [5.74, 6) is 0.0646. The first-order chi connectivity index (χ1) is 12.3. The Morgan fingerprint density at radius 2 is 1.73 bits per heavy atom. The van der Waals surface area contributed by atoms with Gasteiger partial charge in [0.05, 0.1) is 42.7 Å². The highest BCUT2D eigenvalue weighted by Crippen LogP contribution is 2.36. The molecule has 0 aliphatic carbocycles. The van der Waals surface area contributed by atoms with Gasteiger partial charge in [-0.1, -0.05) is 23.7 Å². The molecule has 0 fully saturated rings. The zero-order valence-corrected chi connectivity index (χ0v) is 14.7. The molecule has 0 aliphatic rings. The fraction of sp³-hybridized carbons (Fsp3) is 0.235. The molecule has 2 rings (SSSR count). The minimum atomic E-state index is -4.57. The van der Waals surface area contributed by atoms with Gasteiger partial charge in [-0.2, -0.15) is 13.2 Å². The minimum absolute atomic E-state index is 0.284. The van der Waals surface area contributed by atoms with Crippen LogP contribution in [0.5, 0.6) is 11.5 Å². The second kappa shape index (κ2) is 8.18. The molecule has 2 N–H and O–H groups in total. The van der Waals surface area contributed by atoms with Crippen molar-refractivity contribution in [1.29, 1.82) is 0 Å². The average Bonchev–Trinajstić information content (AvgIpc) is 2.59. The fourth-order valence-corrected chi connectivity index (χ4v) is 2.44. The van der Waals surface area contributed by atoms with E-state index in [0.29, 0.717) is 22.2 Å². The number of benzene rings is 2. The van der Waals surface area contributed by atoms with E-state index in [0.717, 1.165) is 6.07 Å². The van der Waals surface area contributed by atoms with E-state index in [1.54, 1.807) is 0 Å². The van der Waals surface area contributed by atoms with E-state index in [-0.39, 0.29) is 12.2 Å². The van der Waals surface area contributed by atoms with E-state index in [9.17, 15) is 18.0 Å². The average molecular weight is 389 g/mol. The van der Waals surface area contributed by atoms with Crippen LogP contribution in [0.25, 0.3) is 0 Å². The summed E-state index contributed by atoms with van der Waals surface area (Å²) in [6.45, 7) is -0.284. The lowest BCUT2D eigenvalue weighted by molar-refractivity contribution is -0.137. The molecule has 0 spiro atoms. The number of ether oxygens (including phenoxy) is 2. The number of carbonyl (C=O) groups excluding carboxylic acids is 1. The summed E-state index contributed by atoms with van der Waals surface area (Å²) < 4.78 is 49.1. The van der Waals surface area contributed by atoms with Crippen LogP contribution in [0.3, 0.4) is 0 Å². The highest BCUT2D eigenvalue weighted by Gasteiger charge is 2.33. The van der Waals surface area contributed by atoms with Crippen LogP contribution in [-0.4, -0.2) is 26.7 Å². The number of nitrogens with one attached hydrogen (secondary N) is 2. The highest BCUT2D eigenvalue weighted by molar-refractivity contribution is 6.32. The van der Waals surface area contributed by atoms with Gasteiger partial charge in [0.2, 0.25) is 5.91 Å². The summed E-state index contributed by atoms with van der Waals surface area (Å²) in [5.41, 5.74) is -0.820. The van der Waals surface area contributed by atoms with Crippen molar-refractivity contribution in [3.8, 4) is 11.5 Å². The van der Waals surface area contributed by atoms with Gasteiger partial charge in [-0.15, -0.1) is 0 Å². The van der Waals surface area contributed by atoms with E-state index in [1.807, 2.05) is 0 Å². The molecule has 0 atom stereocenters. The molecule has 0 bridgehead atoms. The molecule has 0 heterocycles. The molecule has 2 aromatic rings. The Bertz CT molecular complexity index is 797. The minimum Gasteiger partial charge on any atom is -0.495 e. The van der Waals surface area contributed by atoms with Crippen molar-refractivity contribution in [3.05, 3.63) is 47.0 Å². The first kappa shape index (κ1) is 19.7. The molecule has 0 aromatic heterocycles. The van der Waals surface area contributed by atoms with E-state index in [1.165, 1.54) is 44.6 Å². The Labute approximate surface area is 153 Å². The fourth-order valence-electron chi connectivity index (χ4n) is 2.21. The summed E-state index contributed by atoms with van der Waals surface area (Å²) in [4.78, 5) is 12.0. The van der Waals surface area contributed by atoms with Gasteiger partial charge < -0.3 is 20.1 Å². The van der Waals surface area contributed by atoms with E-state index < -0.39 is 17.6 Å². The Balaban J connectivity index is 2.11. The molecular formula is C17H16ClF3N2O3. The lowest BCUT2D eigenvalue weighted by Gasteiger charge is -2.15. The Morgan fingerprint density at radius 1 is 1.08 bits per heavy atom. The van der Waals surface area contributed by atoms with Crippen LogP contribution in [0.4, 0.5) is 24.5 Å². The van der Waals surface area contributed by atoms with Gasteiger partial charge in [0.25, 0.3) is 0 Å². The molecule has 5 nitrogen and oxygen atoms in total. The van der Waals surface area contributed by atoms with Gasteiger partial charge in [0.1, 0.15) is 11.5 Å². The first-order valence-corrected chi connectivity index (χ1v) is 7.75. The smallest absolute Gasteiger partial charge is 0.418 e. The van der Waals surface area contributed by atoms with E-state index in [2.05, 4.69) is 10.6 Å². The number of para-hydroxylation sites is 1. The van der Waals surface area contributed by atoms with Crippen molar-refractivity contribution in [2.45, 2.75) is 6.18 Å². The van der Waals surface area contributed by atoms with Gasteiger partial charge in [-0.05, 0) is 12.1 Å². The highest BCUT2D eigenvalue weighted by atomic mass is 35.5. The van der Waals surface area contributed by atoms with Crippen molar-refractivity contribution in [3.63, 3.8) is 0 Å². The summed E-state index contributed by atoms with van der Waals surface area (Å²) in [7, 11) is 2.85. The maximum absolute atomic E-state index is 13.0. The molecule has 0 aliphatic heterocycles. The van der Waals surface area contributed by atoms with Gasteiger partial charge in [-0.25, -0.2) is 0 Å². The van der Waals surface area contributed by atoms with Crippen molar-refractivity contribution in [1.82, 2.24) is 0 Å². The van der Waals surface area contributed by atoms with Crippen molar-refractivity contribution in [2.24, 2.45) is 0 Å². The van der Waals surface area contributed by atoms with Gasteiger partial charge >= 0.3 is 6.18 Å². The second-order valence-corrected chi connectivity index (χ2v) is 5.54. The second-order valence-electron chi connectivity index (χ2n) is 5.13. The predicted octanol–water partition coefficient (Wildman–Crippen LogP) is 4.43. The monoisotopic (exact) mass is 388 g/mol. The SMILES string of the molecule is COc1cc(NCC(=O)Nc2ccccc2C(F)(F)F)c(OC)cc1Cl. The number of rotatable bonds is 6. The molecule has 9 heteroatoms. The molecule has 0 saturated carbocycles. The van der Waals surface area contributed by atoms with Crippen LogP contribution >= 0.6 is 11.6 Å². The first-order valence-electron chi connectivity index (χ1n) is 7.37. The normalized spacial score (nSPS) is 11.0. The van der Waals surface area contributed by atoms with Gasteiger partial charge in [-0.3, -0.25) is 4.79 Å². The summed E-state index contributed by atoms with van der Waals surface area (Å²) in [5, 5.41) is 5.35. The number of hydrogen-bond donors (Lipinski definition) is 2. The third-order valence-corrected chi connectivity index (χ3v) is 3.72. The maximum atomic E-state index is 13.0. The van der Waals surface area contributed by atoms with Crippen LogP contribution in [0.2, 0.25) is 5.02 Å². The van der Waals surface area contributed by atoms with E-state index in [4.69, 9.17) is 21.1 Å². The van der Waals surface area contributed by atoms with Gasteiger partial charge in [0.15, 0.2) is 0 Å². The number of methoxy groups -OCH3 is 2. The third-order valence-electron chi connectivity index (χ3n) is 3.42. The summed E-state index contributed by atoms with van der Waals surface area (Å²) >= 11 is 5.99. The molecule has 140 valence electrons. The summed E-state index contributed by atoms with van der Waals surface area (Å²) in [6.07, 6.45) is -4.57. The van der Waals surface area contributed by atoms with Crippen molar-refractivity contribution in [2.75, 3.05) is 31.4 Å². The Kier molecular flexibility index (Phi) is 6.20. The Hall–Kier alpha value is -2.61. The number of amides is 1. The number of carbonyl (C=O) groups is 1. The zero-order valence-electron chi connectivity index (χ0n) is 13.9. The molecule has 0 unspecified atom stereocenters. The Morgan fingerprint density at radius 3 is 2.35 bits per heavy atom. The van der Waals surface area contributed by atoms with Crippen LogP contribution in [0.15, 0.2) is 36.4 Å². The van der Waals surface area contributed by atoms with Crippen LogP contribution < -0.4 is 20.1 Å². The molecule has 0 radical (unpaired) electrons. The molecule has 1 amide bonds. The lowest BCUT2D eigenvalue weighted by Crippen LogP contribution is -2.23. The van der Waals surface area contributed by atoms with E-state index >= 15 is 0 Å². The standard InChI is InChI=1S/C17H16ClF3N2O3/c1-25-14-8-13(15(26-2)7-11(14)18)22-9-16(24)23-12-6-4-3-5-10(12)17(19,20)21/h3-8,22H,9H2,1-2H3,(H,23,24). The molecule has 26 heavy (non-hydrogen) atoms. The molecule has 2 aromatic carbocycles. The van der Waals surface area contributed by atoms with Gasteiger partial charge in [0, 0.05) is 12.1 Å². The topological polar surface area (TPSA) is 59.6 Å². The maximum Gasteiger partial charge on any atom is 0.418 e. The largest absolute Gasteiger partial charge is 0.495 e. The summed E-state index contributed by atoms with van der Waals surface area (Å²) in [6, 6.07) is 7.77. The molecular weight excluding hydrogens is 373 g/mol. The lowest BCUT2D eigenvalue weighted by atomic mass is 10.1. The third kappa shape index (κ3) is 4.72. The number of halogens is 4.